The van der Waals surface area contributed by atoms with E-state index in [0.717, 1.165) is 38.0 Å². The molecule has 82 valence electrons. The Balaban J connectivity index is 2.07. The lowest BCUT2D eigenvalue weighted by atomic mass is 9.85. The van der Waals surface area contributed by atoms with E-state index in [-0.39, 0.29) is 11.6 Å². The van der Waals surface area contributed by atoms with Crippen LogP contribution in [0.15, 0.2) is 0 Å². The largest absolute Gasteiger partial charge is 0.392 e. The first kappa shape index (κ1) is 10.4. The van der Waals surface area contributed by atoms with Crippen LogP contribution in [0.1, 0.15) is 20.8 Å². The Labute approximate surface area is 86.5 Å². The molecule has 3 heteroatoms. The van der Waals surface area contributed by atoms with Gasteiger partial charge in [-0.3, -0.25) is 4.90 Å². The standard InChI is InChI=1S/C11H22N2O/c1-8(14)6-13-7-9-4-12-5-10(9)11(13,2)3/h8-10,12,14H,4-7H2,1-3H3/t8-,9?,10?/m1/s1. The van der Waals surface area contributed by atoms with Crippen molar-refractivity contribution in [1.29, 1.82) is 0 Å². The molecule has 0 amide bonds. The maximum Gasteiger partial charge on any atom is 0.0639 e. The van der Waals surface area contributed by atoms with E-state index in [0.29, 0.717) is 0 Å². The van der Waals surface area contributed by atoms with Crippen LogP contribution in [0.25, 0.3) is 0 Å². The highest BCUT2D eigenvalue weighted by molar-refractivity contribution is 5.04. The molecule has 0 saturated carbocycles. The highest BCUT2D eigenvalue weighted by atomic mass is 16.3. The van der Waals surface area contributed by atoms with E-state index in [1.165, 1.54) is 0 Å². The Morgan fingerprint density at radius 2 is 2.21 bits per heavy atom. The van der Waals surface area contributed by atoms with Gasteiger partial charge < -0.3 is 10.4 Å². The molecule has 3 nitrogen and oxygen atoms in total. The van der Waals surface area contributed by atoms with Crippen LogP contribution >= 0.6 is 0 Å². The number of hydrogen-bond donors (Lipinski definition) is 2. The van der Waals surface area contributed by atoms with Crippen molar-refractivity contribution in [2.24, 2.45) is 11.8 Å². The molecule has 2 unspecified atom stereocenters. The molecule has 2 heterocycles. The maximum absolute atomic E-state index is 9.45. The lowest BCUT2D eigenvalue weighted by Gasteiger charge is -2.36. The van der Waals surface area contributed by atoms with E-state index in [9.17, 15) is 5.11 Å². The summed E-state index contributed by atoms with van der Waals surface area (Å²) < 4.78 is 0. The van der Waals surface area contributed by atoms with Crippen molar-refractivity contribution >= 4 is 0 Å². The van der Waals surface area contributed by atoms with Gasteiger partial charge in [0.15, 0.2) is 0 Å². The van der Waals surface area contributed by atoms with Crippen molar-refractivity contribution in [3.8, 4) is 0 Å². The fourth-order valence-corrected chi connectivity index (χ4v) is 3.13. The molecule has 0 radical (unpaired) electrons. The lowest BCUT2D eigenvalue weighted by Crippen LogP contribution is -2.47. The summed E-state index contributed by atoms with van der Waals surface area (Å²) in [6, 6.07) is 0. The molecule has 2 N–H and O–H groups in total. The van der Waals surface area contributed by atoms with Gasteiger partial charge in [0.2, 0.25) is 0 Å². The monoisotopic (exact) mass is 198 g/mol. The van der Waals surface area contributed by atoms with Gasteiger partial charge >= 0.3 is 0 Å². The van der Waals surface area contributed by atoms with Gasteiger partial charge in [-0.15, -0.1) is 0 Å². The number of nitrogens with zero attached hydrogens (tertiary/aromatic N) is 1. The van der Waals surface area contributed by atoms with Crippen LogP contribution in [-0.2, 0) is 0 Å². The van der Waals surface area contributed by atoms with Crippen molar-refractivity contribution in [3.05, 3.63) is 0 Å². The molecule has 3 atom stereocenters. The van der Waals surface area contributed by atoms with E-state index in [2.05, 4.69) is 24.1 Å². The summed E-state index contributed by atoms with van der Waals surface area (Å²) in [4.78, 5) is 2.45. The van der Waals surface area contributed by atoms with E-state index in [1.54, 1.807) is 0 Å². The lowest BCUT2D eigenvalue weighted by molar-refractivity contribution is 0.0729. The number of nitrogens with one attached hydrogen (secondary N) is 1. The molecule has 2 aliphatic rings. The second-order valence-corrected chi connectivity index (χ2v) is 5.43. The van der Waals surface area contributed by atoms with Crippen LogP contribution in [0.4, 0.5) is 0 Å². The summed E-state index contributed by atoms with van der Waals surface area (Å²) in [7, 11) is 0. The fourth-order valence-electron chi connectivity index (χ4n) is 3.13. The first-order valence-electron chi connectivity index (χ1n) is 5.65. The third-order valence-corrected chi connectivity index (χ3v) is 4.00. The summed E-state index contributed by atoms with van der Waals surface area (Å²) in [6.07, 6.45) is -0.207. The molecular weight excluding hydrogens is 176 g/mol. The predicted molar refractivity (Wildman–Crippen MR) is 57.2 cm³/mol. The van der Waals surface area contributed by atoms with Gasteiger partial charge in [-0.05, 0) is 39.2 Å². The fraction of sp³-hybridized carbons (Fsp3) is 1.00. The molecule has 0 aliphatic carbocycles. The Morgan fingerprint density at radius 3 is 2.79 bits per heavy atom. The molecular formula is C11H22N2O. The Kier molecular flexibility index (Phi) is 2.58. The highest BCUT2D eigenvalue weighted by Crippen LogP contribution is 2.40. The van der Waals surface area contributed by atoms with Gasteiger partial charge in [0.25, 0.3) is 0 Å². The van der Waals surface area contributed by atoms with Crippen LogP contribution in [0, 0.1) is 11.8 Å². The van der Waals surface area contributed by atoms with Crippen molar-refractivity contribution in [1.82, 2.24) is 10.2 Å². The topological polar surface area (TPSA) is 35.5 Å². The Morgan fingerprint density at radius 1 is 1.50 bits per heavy atom. The van der Waals surface area contributed by atoms with Gasteiger partial charge in [0.1, 0.15) is 0 Å². The normalized spacial score (nSPS) is 38.6. The summed E-state index contributed by atoms with van der Waals surface area (Å²) in [5.74, 6) is 1.56. The molecule has 2 rings (SSSR count). The molecule has 0 aromatic rings. The minimum atomic E-state index is -0.207. The van der Waals surface area contributed by atoms with Gasteiger partial charge in [0, 0.05) is 25.2 Å². The number of aliphatic hydroxyl groups excluding tert-OH is 1. The van der Waals surface area contributed by atoms with E-state index in [1.807, 2.05) is 6.92 Å². The molecule has 14 heavy (non-hydrogen) atoms. The van der Waals surface area contributed by atoms with Gasteiger partial charge in [-0.1, -0.05) is 0 Å². The van der Waals surface area contributed by atoms with Crippen molar-refractivity contribution < 1.29 is 5.11 Å². The Bertz CT molecular complexity index is 215. The predicted octanol–water partition coefficient (Wildman–Crippen LogP) is 0.297. The zero-order chi connectivity index (χ0) is 10.3. The molecule has 0 aromatic carbocycles. The van der Waals surface area contributed by atoms with E-state index >= 15 is 0 Å². The molecule has 0 bridgehead atoms. The third kappa shape index (κ3) is 1.58. The number of hydrogen-bond acceptors (Lipinski definition) is 3. The minimum absolute atomic E-state index is 0.207. The van der Waals surface area contributed by atoms with Gasteiger partial charge in [0.05, 0.1) is 6.10 Å². The van der Waals surface area contributed by atoms with Crippen molar-refractivity contribution in [2.75, 3.05) is 26.2 Å². The van der Waals surface area contributed by atoms with E-state index in [4.69, 9.17) is 0 Å². The highest BCUT2D eigenvalue weighted by Gasteiger charge is 2.49. The Hall–Kier alpha value is -0.120. The zero-order valence-electron chi connectivity index (χ0n) is 9.45. The van der Waals surface area contributed by atoms with Crippen LogP contribution < -0.4 is 5.32 Å². The van der Waals surface area contributed by atoms with Crippen molar-refractivity contribution in [3.63, 3.8) is 0 Å². The van der Waals surface area contributed by atoms with Crippen LogP contribution in [0.3, 0.4) is 0 Å². The van der Waals surface area contributed by atoms with E-state index < -0.39 is 0 Å². The van der Waals surface area contributed by atoms with Gasteiger partial charge in [-0.25, -0.2) is 0 Å². The second kappa shape index (κ2) is 3.47. The zero-order valence-corrected chi connectivity index (χ0v) is 9.45. The molecule has 0 aromatic heterocycles. The van der Waals surface area contributed by atoms with Crippen LogP contribution in [0.5, 0.6) is 0 Å². The first-order valence-corrected chi connectivity index (χ1v) is 5.65. The molecule has 0 spiro atoms. The van der Waals surface area contributed by atoms with Crippen LogP contribution in [0.2, 0.25) is 0 Å². The number of aliphatic hydroxyl groups is 1. The average molecular weight is 198 g/mol. The number of fused-ring (bicyclic) bond motifs is 1. The van der Waals surface area contributed by atoms with Gasteiger partial charge in [-0.2, -0.15) is 0 Å². The molecule has 2 saturated heterocycles. The SMILES string of the molecule is C[C@@H](O)CN1CC2CNCC2C1(C)C. The maximum atomic E-state index is 9.45. The first-order chi connectivity index (χ1) is 6.51. The van der Waals surface area contributed by atoms with Crippen molar-refractivity contribution in [2.45, 2.75) is 32.4 Å². The average Bonchev–Trinajstić information content (AvgIpc) is 2.57. The molecule has 2 fully saturated rings. The second-order valence-electron chi connectivity index (χ2n) is 5.43. The quantitative estimate of drug-likeness (QED) is 0.670. The summed E-state index contributed by atoms with van der Waals surface area (Å²) >= 11 is 0. The molecule has 2 aliphatic heterocycles. The number of likely N-dealkylation sites (tertiary alicyclic amines) is 1. The number of β-amino-alcohol motifs (C(OH)–C–C–N with tert-alkyl or cyclic N) is 1. The summed E-state index contributed by atoms with van der Waals surface area (Å²) in [5.41, 5.74) is 0.255. The minimum Gasteiger partial charge on any atom is -0.392 e. The smallest absolute Gasteiger partial charge is 0.0639 e. The van der Waals surface area contributed by atoms with Crippen LogP contribution in [-0.4, -0.2) is 47.8 Å². The summed E-state index contributed by atoms with van der Waals surface area (Å²) in [5, 5.41) is 12.9. The third-order valence-electron chi connectivity index (χ3n) is 4.00. The number of rotatable bonds is 2. The summed E-state index contributed by atoms with van der Waals surface area (Å²) in [6.45, 7) is 10.8.